The van der Waals surface area contributed by atoms with Crippen molar-refractivity contribution in [1.82, 2.24) is 4.98 Å². The highest BCUT2D eigenvalue weighted by atomic mass is 16.5. The molecule has 0 aliphatic heterocycles. The van der Waals surface area contributed by atoms with Crippen LogP contribution in [0.4, 0.5) is 5.69 Å². The van der Waals surface area contributed by atoms with E-state index >= 15 is 0 Å². The Hall–Kier alpha value is -2.40. The van der Waals surface area contributed by atoms with Gasteiger partial charge in [0.15, 0.2) is 0 Å². The largest absolute Gasteiger partial charge is 0.464 e. The molecule has 110 valence electrons. The Balaban J connectivity index is 1.87. The number of rotatable bonds is 6. The predicted octanol–water partition coefficient (Wildman–Crippen LogP) is 2.37. The molecule has 5 nitrogen and oxygen atoms in total. The first kappa shape index (κ1) is 15.0. The summed E-state index contributed by atoms with van der Waals surface area (Å²) < 4.78 is 4.64. The van der Waals surface area contributed by atoms with Crippen molar-refractivity contribution in [2.24, 2.45) is 5.73 Å². The molecule has 2 rings (SSSR count). The molecular weight excluding hydrogens is 266 g/mol. The van der Waals surface area contributed by atoms with Crippen molar-refractivity contribution in [3.05, 3.63) is 59.9 Å². The lowest BCUT2D eigenvalue weighted by Crippen LogP contribution is -2.15. The van der Waals surface area contributed by atoms with Crippen LogP contribution in [-0.2, 0) is 4.74 Å². The van der Waals surface area contributed by atoms with Crippen molar-refractivity contribution >= 4 is 11.7 Å². The number of nitrogens with one attached hydrogen (secondary N) is 1. The Morgan fingerprint density at radius 1 is 1.33 bits per heavy atom. The van der Waals surface area contributed by atoms with Gasteiger partial charge in [0.05, 0.1) is 7.11 Å². The van der Waals surface area contributed by atoms with Crippen LogP contribution in [0, 0.1) is 0 Å². The Bertz CT molecular complexity index is 587. The maximum atomic E-state index is 11.4. The maximum Gasteiger partial charge on any atom is 0.356 e. The number of ether oxygens (including phenoxy) is 1. The first-order valence-electron chi connectivity index (χ1n) is 6.79. The highest BCUT2D eigenvalue weighted by Gasteiger charge is 2.08. The summed E-state index contributed by atoms with van der Waals surface area (Å²) in [6.45, 7) is 0.709. The Labute approximate surface area is 124 Å². The van der Waals surface area contributed by atoms with E-state index in [0.29, 0.717) is 6.54 Å². The van der Waals surface area contributed by atoms with E-state index in [-0.39, 0.29) is 11.7 Å². The van der Waals surface area contributed by atoms with E-state index in [9.17, 15) is 4.79 Å². The zero-order valence-corrected chi connectivity index (χ0v) is 12.0. The number of nitrogens with zero attached hydrogens (tertiary/aromatic N) is 1. The van der Waals surface area contributed by atoms with Crippen LogP contribution in [0.15, 0.2) is 48.7 Å². The molecule has 0 saturated carbocycles. The summed E-state index contributed by atoms with van der Waals surface area (Å²) in [5.41, 5.74) is 8.36. The van der Waals surface area contributed by atoms with Gasteiger partial charge in [-0.05, 0) is 24.1 Å². The number of aromatic nitrogens is 1. The molecule has 0 spiro atoms. The van der Waals surface area contributed by atoms with Gasteiger partial charge in [0, 0.05) is 24.5 Å². The van der Waals surface area contributed by atoms with Crippen molar-refractivity contribution < 1.29 is 9.53 Å². The van der Waals surface area contributed by atoms with E-state index in [1.807, 2.05) is 30.3 Å². The fraction of sp³-hybridized carbons (Fsp3) is 0.250. The number of nitrogens with two attached hydrogens (primary N) is 1. The molecule has 1 unspecified atom stereocenters. The molecule has 1 atom stereocenters. The maximum absolute atomic E-state index is 11.4. The fourth-order valence-corrected chi connectivity index (χ4v) is 2.00. The zero-order chi connectivity index (χ0) is 15.1. The van der Waals surface area contributed by atoms with Crippen LogP contribution in [0.5, 0.6) is 0 Å². The number of benzene rings is 1. The smallest absolute Gasteiger partial charge is 0.356 e. The first-order valence-corrected chi connectivity index (χ1v) is 6.79. The Kier molecular flexibility index (Phi) is 5.29. The van der Waals surface area contributed by atoms with Crippen molar-refractivity contribution in [2.75, 3.05) is 19.0 Å². The van der Waals surface area contributed by atoms with Crippen LogP contribution in [0.1, 0.15) is 28.5 Å². The zero-order valence-electron chi connectivity index (χ0n) is 12.0. The third-order valence-electron chi connectivity index (χ3n) is 3.17. The van der Waals surface area contributed by atoms with Crippen LogP contribution in [0.3, 0.4) is 0 Å². The second-order valence-corrected chi connectivity index (χ2v) is 4.65. The minimum atomic E-state index is -0.445. The summed E-state index contributed by atoms with van der Waals surface area (Å²) in [6, 6.07) is 13.4. The molecule has 5 heteroatoms. The average molecular weight is 285 g/mol. The number of hydrogen-bond donors (Lipinski definition) is 2. The molecule has 0 amide bonds. The van der Waals surface area contributed by atoms with Crippen molar-refractivity contribution in [3.63, 3.8) is 0 Å². The van der Waals surface area contributed by atoms with Crippen LogP contribution in [0.25, 0.3) is 0 Å². The lowest BCUT2D eigenvalue weighted by atomic mass is 10.1. The molecule has 1 aromatic heterocycles. The van der Waals surface area contributed by atoms with Gasteiger partial charge >= 0.3 is 5.97 Å². The number of methoxy groups -OCH3 is 1. The summed E-state index contributed by atoms with van der Waals surface area (Å²) in [7, 11) is 1.34. The third-order valence-corrected chi connectivity index (χ3v) is 3.17. The summed E-state index contributed by atoms with van der Waals surface area (Å²) in [5, 5.41) is 3.24. The summed E-state index contributed by atoms with van der Waals surface area (Å²) in [6.07, 6.45) is 2.37. The predicted molar refractivity (Wildman–Crippen MR) is 82.1 cm³/mol. The van der Waals surface area contributed by atoms with Gasteiger partial charge in [-0.15, -0.1) is 0 Å². The number of pyridine rings is 1. The standard InChI is InChI=1S/C16H19N3O2/c1-21-16(20)15-11-13(7-9-19-15)18-10-8-14(17)12-5-3-2-4-6-12/h2-7,9,11,14H,8,10,17H2,1H3,(H,18,19). The molecular formula is C16H19N3O2. The molecule has 21 heavy (non-hydrogen) atoms. The highest BCUT2D eigenvalue weighted by Crippen LogP contribution is 2.14. The fourth-order valence-electron chi connectivity index (χ4n) is 2.00. The SMILES string of the molecule is COC(=O)c1cc(NCCC(N)c2ccccc2)ccn1. The number of hydrogen-bond acceptors (Lipinski definition) is 5. The van der Waals surface area contributed by atoms with Gasteiger partial charge in [-0.25, -0.2) is 9.78 Å². The Morgan fingerprint density at radius 2 is 2.10 bits per heavy atom. The highest BCUT2D eigenvalue weighted by molar-refractivity contribution is 5.88. The summed E-state index contributed by atoms with van der Waals surface area (Å²) >= 11 is 0. The van der Waals surface area contributed by atoms with Gasteiger partial charge in [-0.1, -0.05) is 30.3 Å². The third kappa shape index (κ3) is 4.29. The molecule has 1 aromatic carbocycles. The topological polar surface area (TPSA) is 77.2 Å². The molecule has 0 aliphatic rings. The molecule has 1 heterocycles. The van der Waals surface area contributed by atoms with Gasteiger partial charge in [0.25, 0.3) is 0 Å². The second kappa shape index (κ2) is 7.40. The number of anilines is 1. The first-order chi connectivity index (χ1) is 10.2. The van der Waals surface area contributed by atoms with Gasteiger partial charge in [-0.2, -0.15) is 0 Å². The second-order valence-electron chi connectivity index (χ2n) is 4.65. The van der Waals surface area contributed by atoms with Crippen LogP contribution in [0.2, 0.25) is 0 Å². The van der Waals surface area contributed by atoms with Crippen molar-refractivity contribution in [2.45, 2.75) is 12.5 Å². The van der Waals surface area contributed by atoms with Crippen molar-refractivity contribution in [1.29, 1.82) is 0 Å². The molecule has 0 fully saturated rings. The normalized spacial score (nSPS) is 11.7. The van der Waals surface area contributed by atoms with Gasteiger partial charge in [0.1, 0.15) is 5.69 Å². The Morgan fingerprint density at radius 3 is 2.81 bits per heavy atom. The van der Waals surface area contributed by atoms with Gasteiger partial charge < -0.3 is 15.8 Å². The summed E-state index contributed by atoms with van der Waals surface area (Å²) in [5.74, 6) is -0.445. The molecule has 0 aliphatic carbocycles. The monoisotopic (exact) mass is 285 g/mol. The quantitative estimate of drug-likeness (QED) is 0.797. The van der Waals surface area contributed by atoms with E-state index in [1.54, 1.807) is 18.3 Å². The van der Waals surface area contributed by atoms with E-state index in [2.05, 4.69) is 15.0 Å². The van der Waals surface area contributed by atoms with Gasteiger partial charge in [0.2, 0.25) is 0 Å². The van der Waals surface area contributed by atoms with Gasteiger partial charge in [-0.3, -0.25) is 0 Å². The molecule has 0 radical (unpaired) electrons. The molecule has 2 aromatic rings. The van der Waals surface area contributed by atoms with Crippen LogP contribution < -0.4 is 11.1 Å². The number of carbonyl (C=O) groups excluding carboxylic acids is 1. The molecule has 0 saturated heterocycles. The minimum absolute atomic E-state index is 0.0133. The van der Waals surface area contributed by atoms with E-state index in [4.69, 9.17) is 5.73 Å². The number of esters is 1. The van der Waals surface area contributed by atoms with Crippen LogP contribution in [-0.4, -0.2) is 24.6 Å². The molecule has 0 bridgehead atoms. The van der Waals surface area contributed by atoms with Crippen LogP contribution >= 0.6 is 0 Å². The lowest BCUT2D eigenvalue weighted by Gasteiger charge is -2.13. The number of carbonyl (C=O) groups is 1. The van der Waals surface area contributed by atoms with Crippen molar-refractivity contribution in [3.8, 4) is 0 Å². The minimum Gasteiger partial charge on any atom is -0.464 e. The van der Waals surface area contributed by atoms with E-state index in [0.717, 1.165) is 17.7 Å². The lowest BCUT2D eigenvalue weighted by molar-refractivity contribution is 0.0594. The van der Waals surface area contributed by atoms with E-state index < -0.39 is 5.97 Å². The summed E-state index contributed by atoms with van der Waals surface area (Å²) in [4.78, 5) is 15.4. The van der Waals surface area contributed by atoms with E-state index in [1.165, 1.54) is 7.11 Å². The molecule has 3 N–H and O–H groups in total. The average Bonchev–Trinajstić information content (AvgIpc) is 2.55.